The van der Waals surface area contributed by atoms with Crippen LogP contribution in [0.4, 0.5) is 24.7 Å². The largest absolute Gasteiger partial charge is 0.417 e. The predicted molar refractivity (Wildman–Crippen MR) is 112 cm³/mol. The number of rotatable bonds is 4. The standard InChI is InChI=1S/C20H21ClF3N3O3S/c1-26(15-3-5-16(6-4-15)31(2,29)30)19(28)13-7-9-27(10-8-13)18-17(21)11-14(12-25-18)20(22,23)24/h3-6,11-13H,7-10H2,1-2H3. The Morgan fingerprint density at radius 2 is 1.77 bits per heavy atom. The molecule has 0 spiro atoms. The zero-order chi connectivity index (χ0) is 23.0. The van der Waals surface area contributed by atoms with Crippen LogP contribution in [-0.4, -0.2) is 45.7 Å². The Hall–Kier alpha value is -2.33. The van der Waals surface area contributed by atoms with Crippen molar-refractivity contribution in [3.63, 3.8) is 0 Å². The van der Waals surface area contributed by atoms with Gasteiger partial charge in [-0.3, -0.25) is 4.79 Å². The predicted octanol–water partition coefficient (Wildman–Crippen LogP) is 4.04. The Kier molecular flexibility index (Phi) is 6.52. The number of halogens is 4. The van der Waals surface area contributed by atoms with Gasteiger partial charge in [-0.15, -0.1) is 0 Å². The fraction of sp³-hybridized carbons (Fsp3) is 0.400. The van der Waals surface area contributed by atoms with Crippen molar-refractivity contribution in [2.75, 3.05) is 36.2 Å². The van der Waals surface area contributed by atoms with Crippen LogP contribution in [0.2, 0.25) is 5.02 Å². The first kappa shape index (κ1) is 23.3. The van der Waals surface area contributed by atoms with Gasteiger partial charge < -0.3 is 9.80 Å². The highest BCUT2D eigenvalue weighted by Gasteiger charge is 2.33. The monoisotopic (exact) mass is 475 g/mol. The highest BCUT2D eigenvalue weighted by Crippen LogP contribution is 2.35. The number of carbonyl (C=O) groups is 1. The number of piperidine rings is 1. The van der Waals surface area contributed by atoms with Crippen LogP contribution in [0.1, 0.15) is 18.4 Å². The van der Waals surface area contributed by atoms with E-state index in [0.29, 0.717) is 31.6 Å². The first-order chi connectivity index (χ1) is 14.4. The van der Waals surface area contributed by atoms with Gasteiger partial charge in [0.2, 0.25) is 5.91 Å². The van der Waals surface area contributed by atoms with Crippen LogP contribution in [0, 0.1) is 5.92 Å². The van der Waals surface area contributed by atoms with Crippen molar-refractivity contribution < 1.29 is 26.4 Å². The van der Waals surface area contributed by atoms with Gasteiger partial charge in [0, 0.05) is 44.2 Å². The summed E-state index contributed by atoms with van der Waals surface area (Å²) in [6, 6.07) is 6.92. The van der Waals surface area contributed by atoms with Gasteiger partial charge in [-0.1, -0.05) is 11.6 Å². The average Bonchev–Trinajstić information content (AvgIpc) is 2.71. The lowest BCUT2D eigenvalue weighted by molar-refractivity contribution is -0.137. The smallest absolute Gasteiger partial charge is 0.355 e. The van der Waals surface area contributed by atoms with Gasteiger partial charge in [0.05, 0.1) is 15.5 Å². The van der Waals surface area contributed by atoms with E-state index < -0.39 is 21.6 Å². The second-order valence-corrected chi connectivity index (χ2v) is 9.87. The molecule has 0 saturated carbocycles. The molecule has 1 aromatic carbocycles. The lowest BCUT2D eigenvalue weighted by Crippen LogP contribution is -2.41. The Morgan fingerprint density at radius 1 is 1.19 bits per heavy atom. The summed E-state index contributed by atoms with van der Waals surface area (Å²) in [4.78, 5) is 20.2. The molecule has 0 radical (unpaired) electrons. The van der Waals surface area contributed by atoms with Crippen LogP contribution in [0.3, 0.4) is 0 Å². The van der Waals surface area contributed by atoms with E-state index in [4.69, 9.17) is 11.6 Å². The van der Waals surface area contributed by atoms with Crippen LogP contribution >= 0.6 is 11.6 Å². The van der Waals surface area contributed by atoms with Gasteiger partial charge in [-0.05, 0) is 43.2 Å². The first-order valence-electron chi connectivity index (χ1n) is 9.43. The number of pyridine rings is 1. The molecule has 11 heteroatoms. The van der Waals surface area contributed by atoms with Crippen LogP contribution in [0.25, 0.3) is 0 Å². The molecule has 1 aliphatic rings. The molecule has 0 bridgehead atoms. The number of aromatic nitrogens is 1. The van der Waals surface area contributed by atoms with Crippen molar-refractivity contribution in [2.24, 2.45) is 5.92 Å². The maximum atomic E-state index is 12.9. The molecular weight excluding hydrogens is 455 g/mol. The van der Waals surface area contributed by atoms with Gasteiger partial charge in [-0.25, -0.2) is 13.4 Å². The molecule has 168 valence electrons. The molecule has 31 heavy (non-hydrogen) atoms. The zero-order valence-corrected chi connectivity index (χ0v) is 18.4. The lowest BCUT2D eigenvalue weighted by Gasteiger charge is -2.34. The van der Waals surface area contributed by atoms with Crippen LogP contribution in [0.15, 0.2) is 41.4 Å². The highest BCUT2D eigenvalue weighted by atomic mass is 35.5. The number of carbonyl (C=O) groups excluding carboxylic acids is 1. The van der Waals surface area contributed by atoms with E-state index in [0.717, 1.165) is 18.5 Å². The molecule has 0 unspecified atom stereocenters. The summed E-state index contributed by atoms with van der Waals surface area (Å²) in [6.45, 7) is 0.852. The molecular formula is C20H21ClF3N3O3S. The van der Waals surface area contributed by atoms with Crippen molar-refractivity contribution in [2.45, 2.75) is 23.9 Å². The molecule has 0 atom stereocenters. The van der Waals surface area contributed by atoms with E-state index in [1.807, 2.05) is 0 Å². The number of nitrogens with zero attached hydrogens (tertiary/aromatic N) is 3. The first-order valence-corrected chi connectivity index (χ1v) is 11.7. The van der Waals surface area contributed by atoms with Gasteiger partial charge in [0.1, 0.15) is 5.82 Å². The summed E-state index contributed by atoms with van der Waals surface area (Å²) in [5.41, 5.74) is -0.331. The van der Waals surface area contributed by atoms with Crippen molar-refractivity contribution in [1.82, 2.24) is 4.98 Å². The number of benzene rings is 1. The maximum absolute atomic E-state index is 12.9. The number of hydrogen-bond donors (Lipinski definition) is 0. The van der Waals surface area contributed by atoms with Crippen molar-refractivity contribution in [3.05, 3.63) is 47.1 Å². The zero-order valence-electron chi connectivity index (χ0n) is 16.9. The molecule has 1 aliphatic heterocycles. The minimum absolute atomic E-state index is 0.0808. The third-order valence-electron chi connectivity index (χ3n) is 5.28. The van der Waals surface area contributed by atoms with E-state index in [9.17, 15) is 26.4 Å². The van der Waals surface area contributed by atoms with Gasteiger partial charge in [0.15, 0.2) is 9.84 Å². The molecule has 6 nitrogen and oxygen atoms in total. The second kappa shape index (κ2) is 8.66. The molecule has 1 aromatic heterocycles. The summed E-state index contributed by atoms with van der Waals surface area (Å²) in [7, 11) is -1.70. The summed E-state index contributed by atoms with van der Waals surface area (Å²) in [6.07, 6.45) is -1.67. The Morgan fingerprint density at radius 3 is 2.26 bits per heavy atom. The lowest BCUT2D eigenvalue weighted by atomic mass is 9.95. The average molecular weight is 476 g/mol. The maximum Gasteiger partial charge on any atom is 0.417 e. The molecule has 2 aromatic rings. The third kappa shape index (κ3) is 5.30. The van der Waals surface area contributed by atoms with Crippen LogP contribution < -0.4 is 9.80 Å². The number of amides is 1. The van der Waals surface area contributed by atoms with Gasteiger partial charge in [0.25, 0.3) is 0 Å². The van der Waals surface area contributed by atoms with Gasteiger partial charge in [-0.2, -0.15) is 13.2 Å². The van der Waals surface area contributed by atoms with E-state index in [1.54, 1.807) is 24.1 Å². The minimum atomic E-state index is -4.52. The van der Waals surface area contributed by atoms with E-state index in [2.05, 4.69) is 4.98 Å². The summed E-state index contributed by atoms with van der Waals surface area (Å²) in [5, 5.41) is -0.0808. The van der Waals surface area contributed by atoms with Gasteiger partial charge >= 0.3 is 6.18 Å². The highest BCUT2D eigenvalue weighted by molar-refractivity contribution is 7.90. The molecule has 1 amide bonds. The van der Waals surface area contributed by atoms with Crippen molar-refractivity contribution >= 4 is 38.9 Å². The number of anilines is 2. The number of sulfone groups is 1. The minimum Gasteiger partial charge on any atom is -0.355 e. The summed E-state index contributed by atoms with van der Waals surface area (Å²) < 4.78 is 61.5. The van der Waals surface area contributed by atoms with Crippen molar-refractivity contribution in [3.8, 4) is 0 Å². The quantitative estimate of drug-likeness (QED) is 0.667. The normalized spacial score (nSPS) is 15.7. The molecule has 3 rings (SSSR count). The van der Waals surface area contributed by atoms with E-state index >= 15 is 0 Å². The molecule has 0 aliphatic carbocycles. The molecule has 2 heterocycles. The number of hydrogen-bond acceptors (Lipinski definition) is 5. The SMILES string of the molecule is CN(C(=O)C1CCN(c2ncc(C(F)(F)F)cc2Cl)CC1)c1ccc(S(C)(=O)=O)cc1. The fourth-order valence-electron chi connectivity index (χ4n) is 3.47. The van der Waals surface area contributed by atoms with E-state index in [1.165, 1.54) is 17.0 Å². The Bertz CT molecular complexity index is 1070. The molecule has 1 fully saturated rings. The van der Waals surface area contributed by atoms with Crippen LogP contribution in [0.5, 0.6) is 0 Å². The second-order valence-electron chi connectivity index (χ2n) is 7.45. The van der Waals surface area contributed by atoms with Crippen molar-refractivity contribution in [1.29, 1.82) is 0 Å². The molecule has 0 N–H and O–H groups in total. The Labute approximate surface area is 183 Å². The topological polar surface area (TPSA) is 70.6 Å². The third-order valence-corrected chi connectivity index (χ3v) is 6.68. The summed E-state index contributed by atoms with van der Waals surface area (Å²) >= 11 is 6.02. The molecule has 1 saturated heterocycles. The Balaban J connectivity index is 1.64. The number of alkyl halides is 3. The van der Waals surface area contributed by atoms with Crippen LogP contribution in [-0.2, 0) is 20.8 Å². The summed E-state index contributed by atoms with van der Waals surface area (Å²) in [5.74, 6) is -0.118. The fourth-order valence-corrected chi connectivity index (χ4v) is 4.39. The van der Waals surface area contributed by atoms with E-state index in [-0.39, 0.29) is 27.6 Å².